The molecular formula is C25H22N6OS. The molecule has 0 unspecified atom stereocenters. The molecule has 0 bridgehead atoms. The van der Waals surface area contributed by atoms with E-state index in [9.17, 15) is 4.79 Å². The number of carbonyl (C=O) groups is 1. The third-order valence-corrected chi connectivity index (χ3v) is 6.68. The molecule has 33 heavy (non-hydrogen) atoms. The van der Waals surface area contributed by atoms with Crippen molar-refractivity contribution in [3.05, 3.63) is 88.0 Å². The first-order valence-electron chi connectivity index (χ1n) is 10.5. The van der Waals surface area contributed by atoms with Gasteiger partial charge in [-0.3, -0.25) is 15.2 Å². The maximum Gasteiger partial charge on any atom is 0.283 e. The number of nitrogens with zero attached hydrogens (tertiary/aromatic N) is 5. The van der Waals surface area contributed by atoms with E-state index in [1.165, 1.54) is 27.9 Å². The number of hydrogen-bond donors (Lipinski definition) is 1. The van der Waals surface area contributed by atoms with E-state index in [0.717, 1.165) is 28.2 Å². The Morgan fingerprint density at radius 1 is 1.09 bits per heavy atom. The number of rotatable bonds is 3. The molecule has 1 aromatic carbocycles. The number of aliphatic imine (C=N–C) groups is 1. The van der Waals surface area contributed by atoms with Crippen LogP contribution in [0.25, 0.3) is 11.8 Å². The van der Waals surface area contributed by atoms with Crippen LogP contribution < -0.4 is 0 Å². The van der Waals surface area contributed by atoms with Gasteiger partial charge >= 0.3 is 0 Å². The van der Waals surface area contributed by atoms with Crippen molar-refractivity contribution in [1.82, 2.24) is 14.6 Å². The van der Waals surface area contributed by atoms with Crippen molar-refractivity contribution in [1.29, 1.82) is 5.41 Å². The van der Waals surface area contributed by atoms with Gasteiger partial charge in [-0.05, 0) is 80.9 Å². The number of amides is 1. The summed E-state index contributed by atoms with van der Waals surface area (Å²) in [5, 5.41) is 15.7. The van der Waals surface area contributed by atoms with Gasteiger partial charge in [0.05, 0.1) is 5.57 Å². The molecule has 164 valence electrons. The van der Waals surface area contributed by atoms with E-state index in [2.05, 4.69) is 51.7 Å². The molecule has 0 radical (unpaired) electrons. The van der Waals surface area contributed by atoms with Crippen LogP contribution in [0.1, 0.15) is 33.6 Å². The molecule has 7 nitrogen and oxygen atoms in total. The van der Waals surface area contributed by atoms with Gasteiger partial charge in [0.25, 0.3) is 5.91 Å². The normalized spacial score (nSPS) is 16.8. The minimum atomic E-state index is -0.433. The number of aryl methyl sites for hydroxylation is 3. The van der Waals surface area contributed by atoms with E-state index < -0.39 is 5.91 Å². The summed E-state index contributed by atoms with van der Waals surface area (Å²) in [6.45, 7) is 8.24. The zero-order valence-corrected chi connectivity index (χ0v) is 19.6. The summed E-state index contributed by atoms with van der Waals surface area (Å²) in [5.74, 6) is -0.412. The molecule has 0 saturated carbocycles. The third-order valence-electron chi connectivity index (χ3n) is 5.73. The van der Waals surface area contributed by atoms with Gasteiger partial charge in [0.1, 0.15) is 5.04 Å². The lowest BCUT2D eigenvalue weighted by Crippen LogP contribution is -2.35. The number of hydrazone groups is 1. The molecule has 0 atom stereocenters. The molecule has 1 N–H and O–H groups in total. The minimum Gasteiger partial charge on any atom is -0.318 e. The van der Waals surface area contributed by atoms with E-state index >= 15 is 0 Å². The molecule has 5 rings (SSSR count). The van der Waals surface area contributed by atoms with Crippen molar-refractivity contribution in [2.75, 3.05) is 0 Å². The molecule has 0 fully saturated rings. The average molecular weight is 455 g/mol. The van der Waals surface area contributed by atoms with Gasteiger partial charge in [0, 0.05) is 35.0 Å². The van der Waals surface area contributed by atoms with E-state index in [-0.39, 0.29) is 11.4 Å². The van der Waals surface area contributed by atoms with Gasteiger partial charge in [-0.2, -0.15) is 15.1 Å². The predicted octanol–water partition coefficient (Wildman–Crippen LogP) is 4.77. The molecule has 1 amide bonds. The Balaban J connectivity index is 1.53. The lowest BCUT2D eigenvalue weighted by molar-refractivity contribution is -0.114. The SMILES string of the molecule is Cc1ccc(-n2c(C)cc(/C=C3/C(=N)N4N=C(c5cccnc5)SC4=NC3=O)c2C)c(C)c1. The van der Waals surface area contributed by atoms with Crippen LogP contribution in [0.4, 0.5) is 0 Å². The van der Waals surface area contributed by atoms with Crippen LogP contribution in [0.2, 0.25) is 0 Å². The molecule has 0 spiro atoms. The van der Waals surface area contributed by atoms with Crippen molar-refractivity contribution in [2.45, 2.75) is 27.7 Å². The summed E-state index contributed by atoms with van der Waals surface area (Å²) in [6.07, 6.45) is 5.14. The van der Waals surface area contributed by atoms with Crippen molar-refractivity contribution >= 4 is 39.8 Å². The van der Waals surface area contributed by atoms with Crippen LogP contribution in [0, 0.1) is 33.1 Å². The fourth-order valence-corrected chi connectivity index (χ4v) is 5.00. The summed E-state index contributed by atoms with van der Waals surface area (Å²) in [7, 11) is 0. The molecule has 2 aromatic heterocycles. The van der Waals surface area contributed by atoms with Gasteiger partial charge in [0.15, 0.2) is 5.84 Å². The lowest BCUT2D eigenvalue weighted by atomic mass is 10.1. The summed E-state index contributed by atoms with van der Waals surface area (Å²) < 4.78 is 2.18. The van der Waals surface area contributed by atoms with Gasteiger partial charge in [0.2, 0.25) is 5.17 Å². The number of amidine groups is 2. The first-order chi connectivity index (χ1) is 15.8. The zero-order chi connectivity index (χ0) is 23.3. The quantitative estimate of drug-likeness (QED) is 0.578. The van der Waals surface area contributed by atoms with Crippen molar-refractivity contribution in [3.8, 4) is 5.69 Å². The maximum atomic E-state index is 12.9. The van der Waals surface area contributed by atoms with E-state index in [1.807, 2.05) is 32.0 Å². The van der Waals surface area contributed by atoms with Gasteiger partial charge in [-0.25, -0.2) is 0 Å². The van der Waals surface area contributed by atoms with Gasteiger partial charge in [-0.15, -0.1) is 0 Å². The van der Waals surface area contributed by atoms with Crippen LogP contribution >= 0.6 is 11.8 Å². The largest absolute Gasteiger partial charge is 0.318 e. The highest BCUT2D eigenvalue weighted by atomic mass is 32.2. The van der Waals surface area contributed by atoms with Gasteiger partial charge in [-0.1, -0.05) is 17.7 Å². The smallest absolute Gasteiger partial charge is 0.283 e. The lowest BCUT2D eigenvalue weighted by Gasteiger charge is -2.20. The Bertz CT molecular complexity index is 1410. The zero-order valence-electron chi connectivity index (χ0n) is 18.7. The summed E-state index contributed by atoms with van der Waals surface area (Å²) in [6, 6.07) is 12.1. The molecular weight excluding hydrogens is 432 g/mol. The van der Waals surface area contributed by atoms with Crippen LogP contribution in [0.15, 0.2) is 64.5 Å². The number of hydrogen-bond acceptors (Lipinski definition) is 5. The Morgan fingerprint density at radius 2 is 1.91 bits per heavy atom. The number of aromatic nitrogens is 2. The topological polar surface area (TPSA) is 86.7 Å². The first kappa shape index (κ1) is 21.1. The molecule has 2 aliphatic rings. The fraction of sp³-hybridized carbons (Fsp3) is 0.160. The standard InChI is InChI=1S/C25H22N6OS/c1-14-7-8-21(15(2)10-14)30-16(3)11-19(17(30)4)12-20-22(26)31-25(28-23(20)32)33-24(29-31)18-6-5-9-27-13-18/h5-13,26H,1-4H3/b20-12-,26-22?. The maximum absolute atomic E-state index is 12.9. The first-order valence-corrected chi connectivity index (χ1v) is 11.3. The number of fused-ring (bicyclic) bond motifs is 1. The van der Waals surface area contributed by atoms with E-state index in [1.54, 1.807) is 18.5 Å². The van der Waals surface area contributed by atoms with E-state index in [4.69, 9.17) is 5.41 Å². The highest BCUT2D eigenvalue weighted by molar-refractivity contribution is 8.27. The third kappa shape index (κ3) is 3.62. The highest BCUT2D eigenvalue weighted by Crippen LogP contribution is 2.32. The number of benzene rings is 1. The number of pyridine rings is 1. The molecule has 0 aliphatic carbocycles. The Kier molecular flexibility index (Phi) is 5.09. The summed E-state index contributed by atoms with van der Waals surface area (Å²) in [4.78, 5) is 21.2. The summed E-state index contributed by atoms with van der Waals surface area (Å²) >= 11 is 1.27. The Hall–Kier alpha value is -3.78. The highest BCUT2D eigenvalue weighted by Gasteiger charge is 2.36. The van der Waals surface area contributed by atoms with Crippen LogP contribution in [-0.2, 0) is 4.79 Å². The van der Waals surface area contributed by atoms with Gasteiger partial charge < -0.3 is 4.57 Å². The van der Waals surface area contributed by atoms with Crippen molar-refractivity contribution in [2.24, 2.45) is 10.1 Å². The second-order valence-corrected chi connectivity index (χ2v) is 9.07. The molecule has 3 aromatic rings. The molecule has 0 saturated heterocycles. The second-order valence-electron chi connectivity index (χ2n) is 8.12. The van der Waals surface area contributed by atoms with E-state index in [0.29, 0.717) is 10.2 Å². The summed E-state index contributed by atoms with van der Waals surface area (Å²) in [5.41, 5.74) is 7.47. The Labute approximate surface area is 196 Å². The van der Waals surface area contributed by atoms with Crippen LogP contribution in [-0.4, -0.2) is 36.5 Å². The Morgan fingerprint density at radius 3 is 2.64 bits per heavy atom. The number of carbonyl (C=O) groups excluding carboxylic acids is 1. The monoisotopic (exact) mass is 454 g/mol. The van der Waals surface area contributed by atoms with Crippen molar-refractivity contribution < 1.29 is 4.79 Å². The van der Waals surface area contributed by atoms with Crippen molar-refractivity contribution in [3.63, 3.8) is 0 Å². The second kappa shape index (κ2) is 7.97. The number of nitrogens with one attached hydrogen (secondary N) is 1. The molecule has 4 heterocycles. The van der Waals surface area contributed by atoms with Crippen LogP contribution in [0.3, 0.4) is 0 Å². The minimum absolute atomic E-state index is 0.0210. The average Bonchev–Trinajstić information content (AvgIpc) is 3.33. The molecule has 2 aliphatic heterocycles. The predicted molar refractivity (Wildman–Crippen MR) is 133 cm³/mol. The van der Waals surface area contributed by atoms with Crippen LogP contribution in [0.5, 0.6) is 0 Å². The fourth-order valence-electron chi connectivity index (χ4n) is 4.11. The molecule has 8 heteroatoms. The number of thioether (sulfide) groups is 1.